The number of rotatable bonds is 5. The number of para-hydroxylation sites is 1. The van der Waals surface area contributed by atoms with Gasteiger partial charge in [0.15, 0.2) is 10.2 Å². The van der Waals surface area contributed by atoms with Crippen LogP contribution in [0.5, 0.6) is 0 Å². The van der Waals surface area contributed by atoms with Crippen LogP contribution in [0.15, 0.2) is 33.1 Å². The molecule has 0 atom stereocenters. The first-order valence-electron chi connectivity index (χ1n) is 6.50. The highest BCUT2D eigenvalue weighted by molar-refractivity contribution is 8.00. The highest BCUT2D eigenvalue weighted by Crippen LogP contribution is 2.30. The third-order valence-corrected chi connectivity index (χ3v) is 4.86. The van der Waals surface area contributed by atoms with Crippen LogP contribution in [0.2, 0.25) is 0 Å². The molecule has 0 saturated heterocycles. The van der Waals surface area contributed by atoms with E-state index in [1.54, 1.807) is 23.1 Å². The molecule has 0 aliphatic carbocycles. The predicted octanol–water partition coefficient (Wildman–Crippen LogP) is 4.17. The van der Waals surface area contributed by atoms with Gasteiger partial charge in [0.25, 0.3) is 0 Å². The summed E-state index contributed by atoms with van der Waals surface area (Å²) in [7, 11) is 0. The average molecular weight is 305 g/mol. The molecule has 20 heavy (non-hydrogen) atoms. The van der Waals surface area contributed by atoms with Gasteiger partial charge >= 0.3 is 0 Å². The number of hydrogen-bond acceptors (Lipinski definition) is 6. The average Bonchev–Trinajstić information content (AvgIpc) is 3.01. The van der Waals surface area contributed by atoms with Crippen molar-refractivity contribution in [2.75, 3.05) is 0 Å². The molecular weight excluding hydrogens is 290 g/mol. The molecule has 0 saturated carbocycles. The maximum Gasteiger partial charge on any atom is 0.237 e. The largest absolute Gasteiger partial charge is 0.338 e. The Kier molecular flexibility index (Phi) is 4.03. The summed E-state index contributed by atoms with van der Waals surface area (Å²) in [5, 5.41) is 3.99. The van der Waals surface area contributed by atoms with Crippen LogP contribution in [0.1, 0.15) is 25.6 Å². The van der Waals surface area contributed by atoms with Crippen molar-refractivity contribution in [3.8, 4) is 0 Å². The summed E-state index contributed by atoms with van der Waals surface area (Å²) in [4.78, 5) is 8.97. The molecule has 0 fully saturated rings. The predicted molar refractivity (Wildman–Crippen MR) is 82.0 cm³/mol. The van der Waals surface area contributed by atoms with E-state index in [-0.39, 0.29) is 0 Å². The van der Waals surface area contributed by atoms with Crippen molar-refractivity contribution in [3.05, 3.63) is 36.0 Å². The second-order valence-electron chi connectivity index (χ2n) is 4.94. The monoisotopic (exact) mass is 305 g/mol. The lowest BCUT2D eigenvalue weighted by Crippen LogP contribution is -1.96. The van der Waals surface area contributed by atoms with Crippen molar-refractivity contribution in [3.63, 3.8) is 0 Å². The number of hydrogen-bond donors (Lipinski definition) is 0. The molecule has 0 amide bonds. The van der Waals surface area contributed by atoms with Gasteiger partial charge in [-0.25, -0.2) is 4.98 Å². The molecule has 2 aromatic heterocycles. The van der Waals surface area contributed by atoms with E-state index in [0.717, 1.165) is 22.1 Å². The number of fused-ring (bicyclic) bond motifs is 1. The maximum atomic E-state index is 5.26. The molecule has 6 heteroatoms. The van der Waals surface area contributed by atoms with Crippen LogP contribution in [0.3, 0.4) is 0 Å². The third kappa shape index (κ3) is 3.19. The van der Waals surface area contributed by atoms with Gasteiger partial charge in [-0.15, -0.1) is 11.3 Å². The first kappa shape index (κ1) is 13.6. The number of aromatic nitrogens is 3. The van der Waals surface area contributed by atoms with Crippen LogP contribution >= 0.6 is 23.1 Å². The van der Waals surface area contributed by atoms with Gasteiger partial charge in [0.2, 0.25) is 5.89 Å². The van der Waals surface area contributed by atoms with Crippen LogP contribution in [0.4, 0.5) is 0 Å². The molecule has 1 aromatic carbocycles. The van der Waals surface area contributed by atoms with Crippen LogP contribution in [0, 0.1) is 5.92 Å². The van der Waals surface area contributed by atoms with E-state index >= 15 is 0 Å². The molecule has 0 radical (unpaired) electrons. The Bertz CT molecular complexity index is 672. The Hall–Kier alpha value is -1.40. The zero-order chi connectivity index (χ0) is 13.9. The van der Waals surface area contributed by atoms with Crippen LogP contribution in [0.25, 0.3) is 10.2 Å². The Balaban J connectivity index is 1.65. The fraction of sp³-hybridized carbons (Fsp3) is 0.357. The summed E-state index contributed by atoms with van der Waals surface area (Å²) in [6.45, 7) is 4.29. The third-order valence-electron chi connectivity index (χ3n) is 2.69. The summed E-state index contributed by atoms with van der Waals surface area (Å²) in [6.07, 6.45) is 0.856. The molecule has 0 bridgehead atoms. The Morgan fingerprint density at radius 3 is 2.90 bits per heavy atom. The molecule has 3 rings (SSSR count). The second kappa shape index (κ2) is 5.93. The summed E-state index contributed by atoms with van der Waals surface area (Å²) in [5.41, 5.74) is 1.05. The van der Waals surface area contributed by atoms with Crippen molar-refractivity contribution < 1.29 is 4.52 Å². The molecule has 0 unspecified atom stereocenters. The van der Waals surface area contributed by atoms with Gasteiger partial charge in [0, 0.05) is 6.42 Å². The molecule has 104 valence electrons. The Morgan fingerprint density at radius 1 is 1.25 bits per heavy atom. The smallest absolute Gasteiger partial charge is 0.237 e. The van der Waals surface area contributed by atoms with E-state index in [1.165, 1.54) is 4.70 Å². The van der Waals surface area contributed by atoms with Crippen molar-refractivity contribution in [2.45, 2.75) is 30.4 Å². The minimum absolute atomic E-state index is 0.539. The molecule has 2 heterocycles. The SMILES string of the molecule is CC(C)Cc1noc(CSc2nc3ccccc3s2)n1. The van der Waals surface area contributed by atoms with Crippen LogP contribution in [-0.4, -0.2) is 15.1 Å². The van der Waals surface area contributed by atoms with Crippen LogP contribution < -0.4 is 0 Å². The lowest BCUT2D eigenvalue weighted by molar-refractivity contribution is 0.382. The van der Waals surface area contributed by atoms with Gasteiger partial charge in [-0.2, -0.15) is 4.98 Å². The molecule has 4 nitrogen and oxygen atoms in total. The van der Waals surface area contributed by atoms with E-state index in [2.05, 4.69) is 35.0 Å². The fourth-order valence-corrected chi connectivity index (χ4v) is 3.74. The van der Waals surface area contributed by atoms with Crippen molar-refractivity contribution in [2.24, 2.45) is 5.92 Å². The summed E-state index contributed by atoms with van der Waals surface area (Å²) >= 11 is 3.34. The van der Waals surface area contributed by atoms with E-state index in [0.29, 0.717) is 17.6 Å². The molecule has 0 spiro atoms. The van der Waals surface area contributed by atoms with Crippen molar-refractivity contribution in [1.29, 1.82) is 0 Å². The summed E-state index contributed by atoms with van der Waals surface area (Å²) in [6, 6.07) is 8.16. The Morgan fingerprint density at radius 2 is 2.10 bits per heavy atom. The van der Waals surface area contributed by atoms with E-state index < -0.39 is 0 Å². The van der Waals surface area contributed by atoms with E-state index in [1.807, 2.05) is 18.2 Å². The fourth-order valence-electron chi connectivity index (χ4n) is 1.83. The number of thioether (sulfide) groups is 1. The maximum absolute atomic E-state index is 5.26. The molecular formula is C14H15N3OS2. The molecule has 0 aliphatic rings. The van der Waals surface area contributed by atoms with Crippen molar-refractivity contribution >= 4 is 33.3 Å². The first-order chi connectivity index (χ1) is 9.70. The molecule has 0 N–H and O–H groups in total. The summed E-state index contributed by atoms with van der Waals surface area (Å²) < 4.78 is 7.50. The van der Waals surface area contributed by atoms with Gasteiger partial charge in [-0.05, 0) is 18.1 Å². The topological polar surface area (TPSA) is 51.8 Å². The van der Waals surface area contributed by atoms with Crippen LogP contribution in [-0.2, 0) is 12.2 Å². The quantitative estimate of drug-likeness (QED) is 0.662. The second-order valence-corrected chi connectivity index (χ2v) is 7.19. The molecule has 3 aromatic rings. The minimum Gasteiger partial charge on any atom is -0.338 e. The highest BCUT2D eigenvalue weighted by Gasteiger charge is 2.10. The van der Waals surface area contributed by atoms with E-state index in [4.69, 9.17) is 4.52 Å². The normalized spacial score (nSPS) is 11.6. The van der Waals surface area contributed by atoms with E-state index in [9.17, 15) is 0 Å². The van der Waals surface area contributed by atoms with Gasteiger partial charge in [-0.1, -0.05) is 42.9 Å². The zero-order valence-electron chi connectivity index (χ0n) is 11.4. The van der Waals surface area contributed by atoms with Gasteiger partial charge in [0.1, 0.15) is 0 Å². The van der Waals surface area contributed by atoms with Gasteiger partial charge < -0.3 is 4.52 Å². The van der Waals surface area contributed by atoms with Gasteiger partial charge in [0.05, 0.1) is 16.0 Å². The lowest BCUT2D eigenvalue weighted by atomic mass is 10.1. The standard InChI is InChI=1S/C14H15N3OS2/c1-9(2)7-12-16-13(18-17-12)8-19-14-15-10-5-3-4-6-11(10)20-14/h3-6,9H,7-8H2,1-2H3. The number of benzene rings is 1. The number of nitrogens with zero attached hydrogens (tertiary/aromatic N) is 3. The molecule has 0 aliphatic heterocycles. The minimum atomic E-state index is 0.539. The number of thiazole rings is 1. The lowest BCUT2D eigenvalue weighted by Gasteiger charge is -1.96. The van der Waals surface area contributed by atoms with Crippen molar-refractivity contribution in [1.82, 2.24) is 15.1 Å². The summed E-state index contributed by atoms with van der Waals surface area (Å²) in [5.74, 6) is 2.67. The highest BCUT2D eigenvalue weighted by atomic mass is 32.2. The first-order valence-corrected chi connectivity index (χ1v) is 8.31. The van der Waals surface area contributed by atoms with Gasteiger partial charge in [-0.3, -0.25) is 0 Å². The zero-order valence-corrected chi connectivity index (χ0v) is 13.0. The Labute approximate surface area is 125 Å².